The first-order valence-electron chi connectivity index (χ1n) is 10.6. The minimum Gasteiger partial charge on any atom is -0.469 e. The highest BCUT2D eigenvalue weighted by Crippen LogP contribution is 2.29. The topological polar surface area (TPSA) is 88.9 Å². The van der Waals surface area contributed by atoms with Gasteiger partial charge in [0.15, 0.2) is 5.78 Å². The molecule has 2 amide bonds. The molecule has 1 saturated heterocycles. The zero-order chi connectivity index (χ0) is 23.4. The summed E-state index contributed by atoms with van der Waals surface area (Å²) >= 11 is 0. The number of anilines is 1. The van der Waals surface area contributed by atoms with E-state index < -0.39 is 18.0 Å². The van der Waals surface area contributed by atoms with Crippen LogP contribution in [0.1, 0.15) is 29.5 Å². The molecule has 1 atom stereocenters. The number of furan rings is 1. The molecule has 33 heavy (non-hydrogen) atoms. The third-order valence-electron chi connectivity index (χ3n) is 5.41. The Labute approximate surface area is 190 Å². The van der Waals surface area contributed by atoms with Gasteiger partial charge in [0.1, 0.15) is 17.7 Å². The molecule has 0 aliphatic carbocycles. The van der Waals surface area contributed by atoms with E-state index in [1.807, 2.05) is 6.07 Å². The Hall–Kier alpha value is -3.94. The third-order valence-corrected chi connectivity index (χ3v) is 5.41. The van der Waals surface area contributed by atoms with Gasteiger partial charge >= 0.3 is 6.09 Å². The number of ketones is 1. The number of benzene rings is 2. The van der Waals surface area contributed by atoms with Gasteiger partial charge in [0.05, 0.1) is 25.0 Å². The first kappa shape index (κ1) is 22.3. The lowest BCUT2D eigenvalue weighted by Gasteiger charge is -2.14. The summed E-state index contributed by atoms with van der Waals surface area (Å²) in [6.07, 6.45) is 1.33. The lowest BCUT2D eigenvalue weighted by molar-refractivity contribution is -0.119. The van der Waals surface area contributed by atoms with Crippen LogP contribution in [0.25, 0.3) is 11.1 Å². The summed E-state index contributed by atoms with van der Waals surface area (Å²) in [6.45, 7) is 1.80. The van der Waals surface area contributed by atoms with Gasteiger partial charge in [-0.2, -0.15) is 0 Å². The number of carbonyl (C=O) groups excluding carboxylic acids is 3. The van der Waals surface area contributed by atoms with E-state index >= 15 is 0 Å². The number of nitrogens with one attached hydrogen (secondary N) is 1. The number of ether oxygens (including phenoxy) is 1. The fourth-order valence-corrected chi connectivity index (χ4v) is 3.67. The van der Waals surface area contributed by atoms with Crippen LogP contribution in [-0.4, -0.2) is 37.0 Å². The molecule has 1 aromatic heterocycles. The molecule has 1 aliphatic heterocycles. The molecular weight excluding hydrogens is 427 g/mol. The van der Waals surface area contributed by atoms with Crippen molar-refractivity contribution in [1.29, 1.82) is 0 Å². The van der Waals surface area contributed by atoms with Crippen molar-refractivity contribution >= 4 is 23.5 Å². The second-order valence-electron chi connectivity index (χ2n) is 7.80. The predicted octanol–water partition coefficient (Wildman–Crippen LogP) is 4.36. The number of amides is 2. The lowest BCUT2D eigenvalue weighted by atomic mass is 10.00. The van der Waals surface area contributed by atoms with E-state index in [0.29, 0.717) is 35.2 Å². The maximum Gasteiger partial charge on any atom is 0.414 e. The Bertz CT molecular complexity index is 1160. The van der Waals surface area contributed by atoms with E-state index in [1.165, 1.54) is 17.9 Å². The summed E-state index contributed by atoms with van der Waals surface area (Å²) < 4.78 is 25.4. The lowest BCUT2D eigenvalue weighted by Crippen LogP contribution is -2.33. The second kappa shape index (κ2) is 9.68. The van der Waals surface area contributed by atoms with Gasteiger partial charge in [0.2, 0.25) is 5.91 Å². The van der Waals surface area contributed by atoms with Crippen LogP contribution in [0.5, 0.6) is 0 Å². The highest BCUT2D eigenvalue weighted by Gasteiger charge is 2.32. The number of hydrogen-bond donors (Lipinski definition) is 1. The minimum atomic E-state index is -0.588. The number of hydrogen-bond acceptors (Lipinski definition) is 5. The highest BCUT2D eigenvalue weighted by atomic mass is 19.1. The summed E-state index contributed by atoms with van der Waals surface area (Å²) in [6, 6.07) is 14.9. The molecular formula is C25H23FN2O5. The number of Topliss-reactive ketones (excluding diaryl/α,β-unsaturated/α-hetero) is 1. The van der Waals surface area contributed by atoms with Crippen LogP contribution in [0.15, 0.2) is 65.3 Å². The van der Waals surface area contributed by atoms with Crippen molar-refractivity contribution in [3.8, 4) is 11.1 Å². The van der Waals surface area contributed by atoms with Crippen molar-refractivity contribution < 1.29 is 27.9 Å². The third kappa shape index (κ3) is 5.28. The SMILES string of the molecule is CC(=O)NC[C@H]1CN(c2ccc(-c3ccc(C(=O)CCc4ccco4)cc3)c(F)c2)C(=O)O1. The van der Waals surface area contributed by atoms with E-state index in [2.05, 4.69) is 5.32 Å². The smallest absolute Gasteiger partial charge is 0.414 e. The van der Waals surface area contributed by atoms with Gasteiger partial charge in [-0.3, -0.25) is 14.5 Å². The predicted molar refractivity (Wildman–Crippen MR) is 119 cm³/mol. The molecule has 7 nitrogen and oxygen atoms in total. The maximum absolute atomic E-state index is 14.9. The average molecular weight is 450 g/mol. The van der Waals surface area contributed by atoms with E-state index in [4.69, 9.17) is 9.15 Å². The second-order valence-corrected chi connectivity index (χ2v) is 7.80. The molecule has 1 N–H and O–H groups in total. The number of carbonyl (C=O) groups is 3. The average Bonchev–Trinajstić information content (AvgIpc) is 3.45. The zero-order valence-electron chi connectivity index (χ0n) is 18.0. The molecule has 0 spiro atoms. The van der Waals surface area contributed by atoms with Gasteiger partial charge in [-0.05, 0) is 35.9 Å². The molecule has 3 aromatic rings. The summed E-state index contributed by atoms with van der Waals surface area (Å²) in [7, 11) is 0. The normalized spacial score (nSPS) is 15.4. The number of cyclic esters (lactones) is 1. The molecule has 2 aromatic carbocycles. The van der Waals surface area contributed by atoms with E-state index in [0.717, 1.165) is 5.76 Å². The van der Waals surface area contributed by atoms with Crippen LogP contribution in [0.2, 0.25) is 0 Å². The molecule has 8 heteroatoms. The van der Waals surface area contributed by atoms with Crippen molar-refractivity contribution in [2.24, 2.45) is 0 Å². The van der Waals surface area contributed by atoms with Crippen molar-refractivity contribution in [2.45, 2.75) is 25.9 Å². The molecule has 2 heterocycles. The Balaban J connectivity index is 1.42. The number of halogens is 1. The summed E-state index contributed by atoms with van der Waals surface area (Å²) in [5, 5.41) is 2.60. The van der Waals surface area contributed by atoms with Gasteiger partial charge < -0.3 is 14.5 Å². The summed E-state index contributed by atoms with van der Waals surface area (Å²) in [5.41, 5.74) is 1.90. The molecule has 1 fully saturated rings. The fourth-order valence-electron chi connectivity index (χ4n) is 3.67. The molecule has 0 saturated carbocycles. The Morgan fingerprint density at radius 1 is 1.15 bits per heavy atom. The molecule has 170 valence electrons. The quantitative estimate of drug-likeness (QED) is 0.515. The van der Waals surface area contributed by atoms with Crippen molar-refractivity contribution in [2.75, 3.05) is 18.0 Å². The molecule has 0 unspecified atom stereocenters. The van der Waals surface area contributed by atoms with Crippen molar-refractivity contribution in [3.63, 3.8) is 0 Å². The summed E-state index contributed by atoms with van der Waals surface area (Å²) in [5.74, 6) is 0.0215. The monoisotopic (exact) mass is 450 g/mol. The number of aryl methyl sites for hydroxylation is 1. The molecule has 0 bridgehead atoms. The first-order chi connectivity index (χ1) is 15.9. The van der Waals surface area contributed by atoms with Gasteiger partial charge in [0.25, 0.3) is 0 Å². The van der Waals surface area contributed by atoms with Gasteiger partial charge in [-0.25, -0.2) is 9.18 Å². The van der Waals surface area contributed by atoms with E-state index in [-0.39, 0.29) is 24.8 Å². The van der Waals surface area contributed by atoms with Crippen LogP contribution in [-0.2, 0) is 16.0 Å². The van der Waals surface area contributed by atoms with Crippen molar-refractivity contribution in [1.82, 2.24) is 5.32 Å². The standard InChI is InChI=1S/C25H23FN2O5/c1-16(29)27-14-21-15-28(25(31)33-21)19-8-10-22(23(26)13-19)17-4-6-18(7-5-17)24(30)11-9-20-3-2-12-32-20/h2-8,10,12-13,21H,9,11,14-15H2,1H3,(H,27,29)/t21-/m0/s1. The molecule has 1 aliphatic rings. The van der Waals surface area contributed by atoms with Crippen LogP contribution in [0.3, 0.4) is 0 Å². The number of nitrogens with zero attached hydrogens (tertiary/aromatic N) is 1. The number of rotatable bonds is 8. The van der Waals surface area contributed by atoms with Gasteiger partial charge in [-0.1, -0.05) is 24.3 Å². The van der Waals surface area contributed by atoms with Gasteiger partial charge in [0, 0.05) is 30.9 Å². The first-order valence-corrected chi connectivity index (χ1v) is 10.6. The Kier molecular flexibility index (Phi) is 6.53. The van der Waals surface area contributed by atoms with Crippen LogP contribution in [0.4, 0.5) is 14.9 Å². The Morgan fingerprint density at radius 2 is 1.94 bits per heavy atom. The van der Waals surface area contributed by atoms with E-state index in [1.54, 1.807) is 48.7 Å². The molecule has 4 rings (SSSR count). The van der Waals surface area contributed by atoms with E-state index in [9.17, 15) is 18.8 Å². The zero-order valence-corrected chi connectivity index (χ0v) is 18.0. The summed E-state index contributed by atoms with van der Waals surface area (Å²) in [4.78, 5) is 36.9. The van der Waals surface area contributed by atoms with Crippen molar-refractivity contribution in [3.05, 3.63) is 78.0 Å². The minimum absolute atomic E-state index is 0.0184. The fraction of sp³-hybridized carbons (Fsp3) is 0.240. The van der Waals surface area contributed by atoms with Crippen LogP contribution < -0.4 is 10.2 Å². The van der Waals surface area contributed by atoms with Crippen LogP contribution in [0, 0.1) is 5.82 Å². The highest BCUT2D eigenvalue weighted by molar-refractivity contribution is 5.96. The molecule has 0 radical (unpaired) electrons. The van der Waals surface area contributed by atoms with Crippen LogP contribution >= 0.6 is 0 Å². The largest absolute Gasteiger partial charge is 0.469 e. The van der Waals surface area contributed by atoms with Gasteiger partial charge in [-0.15, -0.1) is 0 Å². The Morgan fingerprint density at radius 3 is 2.61 bits per heavy atom. The maximum atomic E-state index is 14.9.